The SMILES string of the molecule is C/C=C(\I)CN1CC[C@@]23c4ccccc4N4C(=O)C(C(=O)OC)=CC(=CC[C@H]12)[C@H]43. The third-order valence-corrected chi connectivity index (χ3v) is 7.95. The Balaban J connectivity index is 1.69. The maximum absolute atomic E-state index is 13.4. The number of halogens is 1. The summed E-state index contributed by atoms with van der Waals surface area (Å²) in [6.45, 7) is 4.03. The molecule has 1 aliphatic carbocycles. The highest BCUT2D eigenvalue weighted by atomic mass is 127. The zero-order chi connectivity index (χ0) is 20.3. The van der Waals surface area contributed by atoms with Crippen molar-refractivity contribution in [3.8, 4) is 0 Å². The molecule has 3 atom stereocenters. The number of rotatable bonds is 3. The van der Waals surface area contributed by atoms with Crippen LogP contribution < -0.4 is 4.90 Å². The van der Waals surface area contributed by atoms with Crippen LogP contribution in [0.25, 0.3) is 0 Å². The van der Waals surface area contributed by atoms with Crippen LogP contribution in [0, 0.1) is 0 Å². The first-order valence-corrected chi connectivity index (χ1v) is 11.1. The number of methoxy groups -OCH3 is 1. The topological polar surface area (TPSA) is 49.9 Å². The van der Waals surface area contributed by atoms with E-state index in [9.17, 15) is 9.59 Å². The Hall–Kier alpha value is -1.93. The Morgan fingerprint density at radius 2 is 2.17 bits per heavy atom. The molecule has 0 bridgehead atoms. The lowest BCUT2D eigenvalue weighted by Crippen LogP contribution is -2.58. The molecule has 5 rings (SSSR count). The Bertz CT molecular complexity index is 1010. The quantitative estimate of drug-likeness (QED) is 0.361. The number of hydrogen-bond acceptors (Lipinski definition) is 4. The molecule has 1 aromatic rings. The lowest BCUT2D eigenvalue weighted by molar-refractivity contribution is -0.137. The number of fused-ring (bicyclic) bond motifs is 2. The molecule has 1 spiro atoms. The van der Waals surface area contributed by atoms with Crippen molar-refractivity contribution in [1.82, 2.24) is 4.90 Å². The second kappa shape index (κ2) is 6.80. The van der Waals surface area contributed by atoms with Gasteiger partial charge in [-0.25, -0.2) is 4.79 Å². The maximum Gasteiger partial charge on any atom is 0.343 e. The minimum Gasteiger partial charge on any atom is -0.465 e. The molecule has 3 heterocycles. The third kappa shape index (κ3) is 2.48. The van der Waals surface area contributed by atoms with Crippen molar-refractivity contribution in [3.63, 3.8) is 0 Å². The number of benzene rings is 1. The van der Waals surface area contributed by atoms with Gasteiger partial charge in [0.1, 0.15) is 5.57 Å². The molecule has 1 fully saturated rings. The van der Waals surface area contributed by atoms with E-state index >= 15 is 0 Å². The van der Waals surface area contributed by atoms with Gasteiger partial charge in [-0.15, -0.1) is 0 Å². The van der Waals surface area contributed by atoms with Crippen LogP contribution in [0.4, 0.5) is 5.69 Å². The number of allylic oxidation sites excluding steroid dienone is 1. The number of likely N-dealkylation sites (tertiary alicyclic amines) is 1. The smallest absolute Gasteiger partial charge is 0.343 e. The van der Waals surface area contributed by atoms with Gasteiger partial charge in [-0.1, -0.05) is 30.4 Å². The highest BCUT2D eigenvalue weighted by Crippen LogP contribution is 2.59. The highest BCUT2D eigenvalue weighted by Gasteiger charge is 2.64. The van der Waals surface area contributed by atoms with Crippen molar-refractivity contribution >= 4 is 40.2 Å². The van der Waals surface area contributed by atoms with Crippen LogP contribution in [-0.2, 0) is 19.7 Å². The maximum atomic E-state index is 13.4. The normalized spacial score (nSPS) is 30.4. The predicted molar refractivity (Wildman–Crippen MR) is 120 cm³/mol. The minimum atomic E-state index is -0.564. The van der Waals surface area contributed by atoms with Gasteiger partial charge in [0.2, 0.25) is 0 Å². The Labute approximate surface area is 184 Å². The van der Waals surface area contributed by atoms with Crippen molar-refractivity contribution < 1.29 is 14.3 Å². The van der Waals surface area contributed by atoms with Crippen LogP contribution >= 0.6 is 22.6 Å². The van der Waals surface area contributed by atoms with E-state index < -0.39 is 5.97 Å². The van der Waals surface area contributed by atoms with E-state index in [1.165, 1.54) is 16.3 Å². The van der Waals surface area contributed by atoms with E-state index in [0.717, 1.165) is 37.2 Å². The summed E-state index contributed by atoms with van der Waals surface area (Å²) in [6, 6.07) is 8.54. The highest BCUT2D eigenvalue weighted by molar-refractivity contribution is 14.1. The first-order chi connectivity index (χ1) is 14.0. The van der Waals surface area contributed by atoms with Gasteiger partial charge >= 0.3 is 5.97 Å². The average molecular weight is 502 g/mol. The number of para-hydroxylation sites is 1. The molecule has 0 unspecified atom stereocenters. The molecule has 3 aliphatic heterocycles. The lowest BCUT2D eigenvalue weighted by Gasteiger charge is -2.46. The predicted octanol–water partition coefficient (Wildman–Crippen LogP) is 3.50. The molecule has 1 amide bonds. The summed E-state index contributed by atoms with van der Waals surface area (Å²) in [4.78, 5) is 30.1. The van der Waals surface area contributed by atoms with Crippen LogP contribution in [0.2, 0.25) is 0 Å². The summed E-state index contributed by atoms with van der Waals surface area (Å²) in [7, 11) is 1.32. The van der Waals surface area contributed by atoms with E-state index in [-0.39, 0.29) is 22.9 Å². The van der Waals surface area contributed by atoms with Crippen molar-refractivity contribution in [2.75, 3.05) is 25.1 Å². The average Bonchev–Trinajstić information content (AvgIpc) is 3.26. The summed E-state index contributed by atoms with van der Waals surface area (Å²) in [5.74, 6) is -0.809. The second-order valence-corrected chi connectivity index (χ2v) is 9.48. The van der Waals surface area contributed by atoms with E-state index in [1.54, 1.807) is 6.08 Å². The van der Waals surface area contributed by atoms with Gasteiger partial charge in [-0.05, 0) is 72.2 Å². The summed E-state index contributed by atoms with van der Waals surface area (Å²) in [5.41, 5.74) is 3.25. The van der Waals surface area contributed by atoms with Gasteiger partial charge in [0, 0.05) is 27.3 Å². The Kier molecular flexibility index (Phi) is 4.47. The van der Waals surface area contributed by atoms with Crippen molar-refractivity contribution in [3.05, 3.63) is 62.8 Å². The molecule has 1 saturated heterocycles. The molecule has 6 heteroatoms. The third-order valence-electron chi connectivity index (χ3n) is 6.98. The zero-order valence-corrected chi connectivity index (χ0v) is 18.7. The van der Waals surface area contributed by atoms with Crippen molar-refractivity contribution in [1.29, 1.82) is 0 Å². The van der Waals surface area contributed by atoms with E-state index in [1.807, 2.05) is 17.0 Å². The number of nitrogens with zero attached hydrogens (tertiary/aromatic N) is 2. The Morgan fingerprint density at radius 1 is 1.38 bits per heavy atom. The summed E-state index contributed by atoms with van der Waals surface area (Å²) in [5, 5.41) is 0. The van der Waals surface area contributed by atoms with Crippen LogP contribution in [0.3, 0.4) is 0 Å². The fourth-order valence-electron chi connectivity index (χ4n) is 5.82. The molecular formula is C23H23IN2O3. The van der Waals surface area contributed by atoms with Crippen LogP contribution in [0.1, 0.15) is 25.3 Å². The second-order valence-electron chi connectivity index (χ2n) is 8.10. The van der Waals surface area contributed by atoms with Crippen molar-refractivity contribution in [2.45, 2.75) is 37.3 Å². The molecule has 4 aliphatic rings. The summed E-state index contributed by atoms with van der Waals surface area (Å²) in [6.07, 6.45) is 8.09. The number of amides is 1. The van der Waals surface area contributed by atoms with Gasteiger partial charge in [0.25, 0.3) is 5.91 Å². The first kappa shape index (κ1) is 19.1. The fourth-order valence-corrected chi connectivity index (χ4v) is 6.26. The van der Waals surface area contributed by atoms with Crippen molar-refractivity contribution in [2.24, 2.45) is 0 Å². The van der Waals surface area contributed by atoms with Gasteiger partial charge in [0.05, 0.1) is 13.2 Å². The number of esters is 1. The Morgan fingerprint density at radius 3 is 2.93 bits per heavy atom. The van der Waals surface area contributed by atoms with Crippen LogP contribution in [-0.4, -0.2) is 49.1 Å². The fraction of sp³-hybridized carbons (Fsp3) is 0.391. The first-order valence-electron chi connectivity index (χ1n) is 10.0. The van der Waals surface area contributed by atoms with Gasteiger partial charge < -0.3 is 4.74 Å². The molecule has 0 radical (unpaired) electrons. The molecule has 29 heavy (non-hydrogen) atoms. The lowest BCUT2D eigenvalue weighted by atomic mass is 9.64. The molecular weight excluding hydrogens is 479 g/mol. The number of carbonyl (C=O) groups is 2. The zero-order valence-electron chi connectivity index (χ0n) is 16.5. The molecule has 0 saturated carbocycles. The van der Waals surface area contributed by atoms with E-state index in [2.05, 4.69) is 58.7 Å². The van der Waals surface area contributed by atoms with Gasteiger partial charge in [-0.2, -0.15) is 0 Å². The molecule has 5 nitrogen and oxygen atoms in total. The standard InChI is InChI=1S/C23H23IN2O3/c1-3-15(24)13-25-11-10-23-17-6-4-5-7-18(17)26-20(23)14(8-9-19(23)25)12-16(21(26)27)22(28)29-2/h3-8,12,19-20H,9-11,13H2,1-2H3/b15-3-/t19-,20-,23+/m0/s1. The van der Waals surface area contributed by atoms with Crippen LogP contribution in [0.15, 0.2) is 57.2 Å². The number of hydrogen-bond donors (Lipinski definition) is 0. The molecule has 0 N–H and O–H groups in total. The largest absolute Gasteiger partial charge is 0.465 e. The van der Waals surface area contributed by atoms with E-state index in [4.69, 9.17) is 4.74 Å². The van der Waals surface area contributed by atoms with Gasteiger partial charge in [-0.3, -0.25) is 14.6 Å². The number of carbonyl (C=O) groups excluding carboxylic acids is 2. The van der Waals surface area contributed by atoms with E-state index in [0.29, 0.717) is 6.04 Å². The minimum absolute atomic E-state index is 0.0483. The monoisotopic (exact) mass is 502 g/mol. The summed E-state index contributed by atoms with van der Waals surface area (Å²) >= 11 is 2.42. The number of ether oxygens (including phenoxy) is 1. The number of anilines is 1. The molecule has 0 aromatic heterocycles. The molecule has 1 aromatic carbocycles. The van der Waals surface area contributed by atoms with Crippen LogP contribution in [0.5, 0.6) is 0 Å². The van der Waals surface area contributed by atoms with Gasteiger partial charge in [0.15, 0.2) is 0 Å². The molecule has 150 valence electrons. The summed E-state index contributed by atoms with van der Waals surface area (Å²) < 4.78 is 6.23.